The third-order valence-electron chi connectivity index (χ3n) is 4.89. The van der Waals surface area contributed by atoms with Crippen molar-refractivity contribution in [2.45, 2.75) is 46.5 Å². The third-order valence-corrected chi connectivity index (χ3v) is 4.89. The highest BCUT2D eigenvalue weighted by Gasteiger charge is 2.24. The molecule has 2 heterocycles. The Bertz CT molecular complexity index is 860. The van der Waals surface area contributed by atoms with E-state index in [1.165, 1.54) is 0 Å². The molecule has 2 unspecified atom stereocenters. The van der Waals surface area contributed by atoms with Crippen LogP contribution < -0.4 is 9.47 Å². The predicted molar refractivity (Wildman–Crippen MR) is 109 cm³/mol. The van der Waals surface area contributed by atoms with Crippen LogP contribution in [-0.2, 0) is 16.1 Å². The minimum atomic E-state index is -0.0234. The van der Waals surface area contributed by atoms with Gasteiger partial charge in [-0.05, 0) is 51.5 Å². The van der Waals surface area contributed by atoms with Crippen LogP contribution in [0.2, 0.25) is 0 Å². The SMILES string of the molecule is COc1cc(/C=C/C(=O)N2CC(C)OC(C)C2)ccc1OCc1c(C)noc1C. The van der Waals surface area contributed by atoms with Gasteiger partial charge >= 0.3 is 0 Å². The summed E-state index contributed by atoms with van der Waals surface area (Å²) in [5.74, 6) is 1.93. The van der Waals surface area contributed by atoms with Crippen molar-refractivity contribution in [2.75, 3.05) is 20.2 Å². The number of ether oxygens (including phenoxy) is 3. The first-order valence-corrected chi connectivity index (χ1v) is 9.72. The van der Waals surface area contributed by atoms with E-state index in [0.717, 1.165) is 22.6 Å². The summed E-state index contributed by atoms with van der Waals surface area (Å²) < 4.78 is 22.2. The van der Waals surface area contributed by atoms with Crippen LogP contribution in [0, 0.1) is 13.8 Å². The number of hydrogen-bond acceptors (Lipinski definition) is 6. The lowest BCUT2D eigenvalue weighted by Crippen LogP contribution is -2.47. The molecule has 0 bridgehead atoms. The summed E-state index contributed by atoms with van der Waals surface area (Å²) in [5.41, 5.74) is 2.59. The zero-order chi connectivity index (χ0) is 21.0. The largest absolute Gasteiger partial charge is 0.493 e. The van der Waals surface area contributed by atoms with E-state index in [-0.39, 0.29) is 18.1 Å². The van der Waals surface area contributed by atoms with Crippen LogP contribution in [0.4, 0.5) is 0 Å². The molecule has 1 aromatic heterocycles. The number of carbonyl (C=O) groups is 1. The van der Waals surface area contributed by atoms with Crippen molar-refractivity contribution in [3.8, 4) is 11.5 Å². The Balaban J connectivity index is 1.66. The monoisotopic (exact) mass is 400 g/mol. The number of nitrogens with zero attached hydrogens (tertiary/aromatic N) is 2. The van der Waals surface area contributed by atoms with Crippen LogP contribution in [0.5, 0.6) is 11.5 Å². The molecule has 156 valence electrons. The van der Waals surface area contributed by atoms with Crippen molar-refractivity contribution in [1.82, 2.24) is 10.1 Å². The summed E-state index contributed by atoms with van der Waals surface area (Å²) in [6.45, 7) is 9.25. The number of carbonyl (C=O) groups excluding carboxylic acids is 1. The quantitative estimate of drug-likeness (QED) is 0.691. The number of benzene rings is 1. The van der Waals surface area contributed by atoms with E-state index < -0.39 is 0 Å². The first-order chi connectivity index (χ1) is 13.9. The topological polar surface area (TPSA) is 74.0 Å². The van der Waals surface area contributed by atoms with Gasteiger partial charge in [0.25, 0.3) is 0 Å². The molecule has 1 aliphatic heterocycles. The lowest BCUT2D eigenvalue weighted by Gasteiger charge is -2.34. The van der Waals surface area contributed by atoms with Gasteiger partial charge in [-0.15, -0.1) is 0 Å². The molecule has 7 nitrogen and oxygen atoms in total. The highest BCUT2D eigenvalue weighted by molar-refractivity contribution is 5.92. The van der Waals surface area contributed by atoms with Crippen molar-refractivity contribution in [2.24, 2.45) is 0 Å². The second kappa shape index (κ2) is 9.13. The minimum absolute atomic E-state index is 0.0234. The van der Waals surface area contributed by atoms with Crippen LogP contribution in [0.3, 0.4) is 0 Å². The molecule has 1 aromatic carbocycles. The van der Waals surface area contributed by atoms with E-state index >= 15 is 0 Å². The molecule has 0 radical (unpaired) electrons. The maximum Gasteiger partial charge on any atom is 0.246 e. The molecular formula is C22H28N2O5. The number of methoxy groups -OCH3 is 1. The van der Waals surface area contributed by atoms with Crippen LogP contribution >= 0.6 is 0 Å². The zero-order valence-electron chi connectivity index (χ0n) is 17.6. The Morgan fingerprint density at radius 3 is 2.59 bits per heavy atom. The first-order valence-electron chi connectivity index (χ1n) is 9.72. The number of hydrogen-bond donors (Lipinski definition) is 0. The fourth-order valence-electron chi connectivity index (χ4n) is 3.40. The highest BCUT2D eigenvalue weighted by atomic mass is 16.5. The second-order valence-electron chi connectivity index (χ2n) is 7.34. The van der Waals surface area contributed by atoms with E-state index in [1.54, 1.807) is 19.3 Å². The molecule has 29 heavy (non-hydrogen) atoms. The van der Waals surface area contributed by atoms with Crippen molar-refractivity contribution in [3.63, 3.8) is 0 Å². The molecular weight excluding hydrogens is 372 g/mol. The highest BCUT2D eigenvalue weighted by Crippen LogP contribution is 2.30. The lowest BCUT2D eigenvalue weighted by molar-refractivity contribution is -0.137. The summed E-state index contributed by atoms with van der Waals surface area (Å²) in [7, 11) is 1.59. The normalized spacial score (nSPS) is 19.6. The van der Waals surface area contributed by atoms with E-state index in [4.69, 9.17) is 18.7 Å². The molecule has 1 fully saturated rings. The maximum atomic E-state index is 12.5. The Morgan fingerprint density at radius 2 is 1.97 bits per heavy atom. The van der Waals surface area contributed by atoms with E-state index in [0.29, 0.717) is 31.2 Å². The van der Waals surface area contributed by atoms with Crippen LogP contribution in [0.1, 0.15) is 36.4 Å². The molecule has 2 atom stereocenters. The van der Waals surface area contributed by atoms with Gasteiger partial charge in [0.15, 0.2) is 11.5 Å². The predicted octanol–water partition coefficient (Wildman–Crippen LogP) is 3.53. The van der Waals surface area contributed by atoms with Crippen molar-refractivity contribution < 1.29 is 23.5 Å². The van der Waals surface area contributed by atoms with Gasteiger partial charge in [0.05, 0.1) is 30.6 Å². The van der Waals surface area contributed by atoms with Crippen molar-refractivity contribution in [1.29, 1.82) is 0 Å². The fraction of sp³-hybridized carbons (Fsp3) is 0.455. The minimum Gasteiger partial charge on any atom is -0.493 e. The second-order valence-corrected chi connectivity index (χ2v) is 7.34. The van der Waals surface area contributed by atoms with Gasteiger partial charge in [0, 0.05) is 19.2 Å². The summed E-state index contributed by atoms with van der Waals surface area (Å²) in [5, 5.41) is 3.93. The Labute approximate surface area is 171 Å². The summed E-state index contributed by atoms with van der Waals surface area (Å²) in [6.07, 6.45) is 3.47. The third kappa shape index (κ3) is 5.17. The summed E-state index contributed by atoms with van der Waals surface area (Å²) in [4.78, 5) is 14.3. The molecule has 1 aliphatic rings. The number of aromatic nitrogens is 1. The average molecular weight is 400 g/mol. The van der Waals surface area contributed by atoms with Gasteiger partial charge in [0.2, 0.25) is 5.91 Å². The standard InChI is InChI=1S/C22H28N2O5/c1-14-11-24(12-15(2)28-14)22(25)9-7-18-6-8-20(21(10-18)26-5)27-13-19-16(3)23-29-17(19)4/h6-10,14-15H,11-13H2,1-5H3/b9-7+. The number of aryl methyl sites for hydroxylation is 2. The van der Waals surface area contributed by atoms with Crippen molar-refractivity contribution >= 4 is 12.0 Å². The summed E-state index contributed by atoms with van der Waals surface area (Å²) >= 11 is 0. The van der Waals surface area contributed by atoms with E-state index in [2.05, 4.69) is 5.16 Å². The fourth-order valence-corrected chi connectivity index (χ4v) is 3.40. The molecule has 7 heteroatoms. The number of morpholine rings is 1. The Hall–Kier alpha value is -2.80. The number of amides is 1. The van der Waals surface area contributed by atoms with Gasteiger partial charge in [0.1, 0.15) is 12.4 Å². The van der Waals surface area contributed by atoms with Gasteiger partial charge in [-0.25, -0.2) is 0 Å². The molecule has 1 saturated heterocycles. The molecule has 1 amide bonds. The van der Waals surface area contributed by atoms with Crippen molar-refractivity contribution in [3.05, 3.63) is 46.9 Å². The molecule has 0 spiro atoms. The smallest absolute Gasteiger partial charge is 0.246 e. The van der Waals surface area contributed by atoms with Gasteiger partial charge in [-0.2, -0.15) is 0 Å². The van der Waals surface area contributed by atoms with Crippen LogP contribution in [0.25, 0.3) is 6.08 Å². The molecule has 0 N–H and O–H groups in total. The average Bonchev–Trinajstić information content (AvgIpc) is 3.01. The molecule has 0 saturated carbocycles. The molecule has 2 aromatic rings. The Kier molecular flexibility index (Phi) is 6.59. The van der Waals surface area contributed by atoms with Crippen LogP contribution in [-0.4, -0.2) is 48.4 Å². The Morgan fingerprint density at radius 1 is 1.24 bits per heavy atom. The van der Waals surface area contributed by atoms with Gasteiger partial charge in [-0.3, -0.25) is 4.79 Å². The lowest BCUT2D eigenvalue weighted by atomic mass is 10.1. The van der Waals surface area contributed by atoms with E-state index in [9.17, 15) is 4.79 Å². The first kappa shape index (κ1) is 20.9. The van der Waals surface area contributed by atoms with Gasteiger partial charge in [-0.1, -0.05) is 11.2 Å². The maximum absolute atomic E-state index is 12.5. The number of rotatable bonds is 6. The van der Waals surface area contributed by atoms with E-state index in [1.807, 2.05) is 50.8 Å². The molecule has 3 rings (SSSR count). The van der Waals surface area contributed by atoms with Gasteiger partial charge < -0.3 is 23.6 Å². The summed E-state index contributed by atoms with van der Waals surface area (Å²) in [6, 6.07) is 5.57. The zero-order valence-corrected chi connectivity index (χ0v) is 17.6. The van der Waals surface area contributed by atoms with Crippen LogP contribution in [0.15, 0.2) is 28.8 Å². The molecule has 0 aliphatic carbocycles.